The van der Waals surface area contributed by atoms with E-state index in [9.17, 15) is 9.59 Å². The number of nitrogens with two attached hydrogens (primary N) is 1. The number of primary amides is 1. The van der Waals surface area contributed by atoms with Crippen LogP contribution in [0.15, 0.2) is 42.7 Å². The molecule has 0 atom stereocenters. The van der Waals surface area contributed by atoms with Gasteiger partial charge in [0.2, 0.25) is 17.8 Å². The van der Waals surface area contributed by atoms with Crippen LogP contribution in [-0.4, -0.2) is 41.4 Å². The normalized spacial score (nSPS) is 14.9. The first-order valence-electron chi connectivity index (χ1n) is 8.83. The van der Waals surface area contributed by atoms with Gasteiger partial charge in [-0.1, -0.05) is 0 Å². The molecule has 1 aromatic heterocycles. The second-order valence-electron chi connectivity index (χ2n) is 6.30. The van der Waals surface area contributed by atoms with Gasteiger partial charge in [0.1, 0.15) is 0 Å². The van der Waals surface area contributed by atoms with Crippen molar-refractivity contribution in [3.63, 3.8) is 0 Å². The lowest BCUT2D eigenvalue weighted by atomic mass is 9.95. The molecule has 0 radical (unpaired) electrons. The van der Waals surface area contributed by atoms with E-state index in [1.807, 2.05) is 6.92 Å². The molecule has 2 heterocycles. The van der Waals surface area contributed by atoms with Gasteiger partial charge in [0.15, 0.2) is 0 Å². The number of benzene rings is 1. The highest BCUT2D eigenvalue weighted by molar-refractivity contribution is 5.97. The van der Waals surface area contributed by atoms with Crippen molar-refractivity contribution in [1.82, 2.24) is 9.97 Å². The number of amides is 2. The van der Waals surface area contributed by atoms with E-state index in [1.54, 1.807) is 47.6 Å². The van der Waals surface area contributed by atoms with Gasteiger partial charge in [-0.25, -0.2) is 9.97 Å². The van der Waals surface area contributed by atoms with Gasteiger partial charge >= 0.3 is 0 Å². The van der Waals surface area contributed by atoms with Gasteiger partial charge in [-0.15, -0.1) is 0 Å². The third-order valence-corrected chi connectivity index (χ3v) is 4.72. The zero-order chi connectivity index (χ0) is 18.5. The Morgan fingerprint density at radius 3 is 2.31 bits per heavy atom. The van der Waals surface area contributed by atoms with Crippen LogP contribution in [-0.2, 0) is 4.79 Å². The summed E-state index contributed by atoms with van der Waals surface area (Å²) >= 11 is 0. The van der Waals surface area contributed by atoms with E-state index in [4.69, 9.17) is 5.73 Å². The molecule has 0 spiro atoms. The van der Waals surface area contributed by atoms with Gasteiger partial charge in [-0.2, -0.15) is 0 Å². The van der Waals surface area contributed by atoms with Gasteiger partial charge in [0.25, 0.3) is 0 Å². The second kappa shape index (κ2) is 7.95. The summed E-state index contributed by atoms with van der Waals surface area (Å²) in [5, 5.41) is 0. The van der Waals surface area contributed by atoms with Crippen molar-refractivity contribution in [2.75, 3.05) is 29.4 Å². The lowest BCUT2D eigenvalue weighted by Crippen LogP contribution is -2.43. The zero-order valence-electron chi connectivity index (χ0n) is 14.8. The average Bonchev–Trinajstić information content (AvgIpc) is 2.69. The van der Waals surface area contributed by atoms with Gasteiger partial charge in [0, 0.05) is 49.2 Å². The molecule has 1 aromatic carbocycles. The summed E-state index contributed by atoms with van der Waals surface area (Å²) in [5.74, 6) is 0.341. The van der Waals surface area contributed by atoms with Gasteiger partial charge in [-0.05, 0) is 50.1 Å². The predicted octanol–water partition coefficient (Wildman–Crippen LogP) is 1.84. The number of rotatable bonds is 5. The van der Waals surface area contributed by atoms with Crippen molar-refractivity contribution in [2.45, 2.75) is 19.8 Å². The van der Waals surface area contributed by atoms with E-state index in [-0.39, 0.29) is 11.8 Å². The topological polar surface area (TPSA) is 92.4 Å². The summed E-state index contributed by atoms with van der Waals surface area (Å²) in [6, 6.07) is 8.65. The predicted molar refractivity (Wildman–Crippen MR) is 100.0 cm³/mol. The molecular formula is C19H23N5O2. The fourth-order valence-electron chi connectivity index (χ4n) is 3.27. The summed E-state index contributed by atoms with van der Waals surface area (Å²) < 4.78 is 0. The highest BCUT2D eigenvalue weighted by Gasteiger charge is 2.29. The Morgan fingerprint density at radius 1 is 1.15 bits per heavy atom. The summed E-state index contributed by atoms with van der Waals surface area (Å²) in [5.41, 5.74) is 6.50. The first-order valence-corrected chi connectivity index (χ1v) is 8.83. The minimum absolute atomic E-state index is 0.0225. The van der Waals surface area contributed by atoms with Crippen molar-refractivity contribution in [1.29, 1.82) is 0 Å². The van der Waals surface area contributed by atoms with Crippen LogP contribution in [0.5, 0.6) is 0 Å². The monoisotopic (exact) mass is 353 g/mol. The quantitative estimate of drug-likeness (QED) is 0.885. The van der Waals surface area contributed by atoms with Crippen molar-refractivity contribution in [2.24, 2.45) is 11.7 Å². The van der Waals surface area contributed by atoms with E-state index in [0.29, 0.717) is 18.1 Å². The van der Waals surface area contributed by atoms with Crippen molar-refractivity contribution < 1.29 is 9.59 Å². The number of nitrogens with zero attached hydrogens (tertiary/aromatic N) is 4. The van der Waals surface area contributed by atoms with Crippen LogP contribution in [0.25, 0.3) is 0 Å². The highest BCUT2D eigenvalue weighted by atomic mass is 16.2. The minimum Gasteiger partial charge on any atom is -0.366 e. The summed E-state index contributed by atoms with van der Waals surface area (Å²) in [7, 11) is 0. The molecule has 26 heavy (non-hydrogen) atoms. The maximum absolute atomic E-state index is 13.0. The summed E-state index contributed by atoms with van der Waals surface area (Å²) in [6.07, 6.45) is 5.00. The Labute approximate surface area is 152 Å². The lowest BCUT2D eigenvalue weighted by molar-refractivity contribution is -0.122. The molecule has 1 fully saturated rings. The number of hydrogen-bond acceptors (Lipinski definition) is 5. The molecule has 7 nitrogen and oxygen atoms in total. The number of piperidine rings is 1. The van der Waals surface area contributed by atoms with Crippen LogP contribution in [0.2, 0.25) is 0 Å². The molecule has 1 saturated heterocycles. The molecule has 0 unspecified atom stereocenters. The molecule has 2 aromatic rings. The Balaban J connectivity index is 1.65. The molecule has 3 rings (SSSR count). The largest absolute Gasteiger partial charge is 0.366 e. The Hall–Kier alpha value is -2.96. The Kier molecular flexibility index (Phi) is 5.46. The summed E-state index contributed by atoms with van der Waals surface area (Å²) in [4.78, 5) is 36.6. The minimum atomic E-state index is -0.471. The van der Waals surface area contributed by atoms with Crippen LogP contribution in [0, 0.1) is 5.92 Å². The van der Waals surface area contributed by atoms with Crippen LogP contribution in [0.1, 0.15) is 30.1 Å². The third kappa shape index (κ3) is 3.82. The van der Waals surface area contributed by atoms with Gasteiger partial charge in [-0.3, -0.25) is 9.59 Å². The van der Waals surface area contributed by atoms with Crippen LogP contribution in [0.4, 0.5) is 11.6 Å². The molecule has 1 aliphatic rings. The van der Waals surface area contributed by atoms with Crippen LogP contribution in [0.3, 0.4) is 0 Å². The molecule has 2 N–H and O–H groups in total. The fraction of sp³-hybridized carbons (Fsp3) is 0.368. The smallest absolute Gasteiger partial charge is 0.248 e. The van der Waals surface area contributed by atoms with E-state index < -0.39 is 5.91 Å². The molecule has 0 aliphatic carbocycles. The highest BCUT2D eigenvalue weighted by Crippen LogP contribution is 2.25. The third-order valence-electron chi connectivity index (χ3n) is 4.72. The lowest BCUT2D eigenvalue weighted by Gasteiger charge is -2.34. The Morgan fingerprint density at radius 2 is 1.77 bits per heavy atom. The van der Waals surface area contributed by atoms with Gasteiger partial charge in [0.05, 0.1) is 0 Å². The van der Waals surface area contributed by atoms with E-state index in [1.165, 1.54) is 0 Å². The maximum Gasteiger partial charge on any atom is 0.248 e. The SMILES string of the molecule is CCN(C(=O)C1CCN(c2ncccn2)CC1)c1ccc(C(N)=O)cc1. The molecule has 2 amide bonds. The van der Waals surface area contributed by atoms with Crippen LogP contribution >= 0.6 is 0 Å². The summed E-state index contributed by atoms with van der Waals surface area (Å²) in [6.45, 7) is 4.06. The Bertz CT molecular complexity index is 755. The number of carbonyl (C=O) groups excluding carboxylic acids is 2. The first kappa shape index (κ1) is 17.8. The molecular weight excluding hydrogens is 330 g/mol. The second-order valence-corrected chi connectivity index (χ2v) is 6.30. The molecule has 7 heteroatoms. The number of anilines is 2. The number of hydrogen-bond donors (Lipinski definition) is 1. The standard InChI is InChI=1S/C19H23N5O2/c1-2-24(16-6-4-14(5-7-16)17(20)25)18(26)15-8-12-23(13-9-15)19-21-10-3-11-22-19/h3-7,10-11,15H,2,8-9,12-13H2,1H3,(H2,20,25). The molecule has 0 saturated carbocycles. The molecule has 0 bridgehead atoms. The first-order chi connectivity index (χ1) is 12.6. The molecule has 136 valence electrons. The maximum atomic E-state index is 13.0. The van der Waals surface area contributed by atoms with Gasteiger partial charge < -0.3 is 15.5 Å². The van der Waals surface area contributed by atoms with E-state index in [2.05, 4.69) is 14.9 Å². The van der Waals surface area contributed by atoms with Crippen molar-refractivity contribution in [3.05, 3.63) is 48.3 Å². The van der Waals surface area contributed by atoms with Crippen LogP contribution < -0.4 is 15.5 Å². The number of carbonyl (C=O) groups is 2. The van der Waals surface area contributed by atoms with Crippen molar-refractivity contribution >= 4 is 23.5 Å². The van der Waals surface area contributed by atoms with Crippen molar-refractivity contribution in [3.8, 4) is 0 Å². The van der Waals surface area contributed by atoms with E-state index in [0.717, 1.165) is 31.6 Å². The zero-order valence-corrected chi connectivity index (χ0v) is 14.8. The van der Waals surface area contributed by atoms with E-state index >= 15 is 0 Å². The number of aromatic nitrogens is 2. The average molecular weight is 353 g/mol. The fourth-order valence-corrected chi connectivity index (χ4v) is 3.27. The molecule has 1 aliphatic heterocycles.